The maximum absolute atomic E-state index is 9.93. The Morgan fingerprint density at radius 3 is 0.843 bits per heavy atom. The average Bonchev–Trinajstić information content (AvgIpc) is 3.00. The fourth-order valence-corrected chi connectivity index (χ4v) is 2.31. The third-order valence-electron chi connectivity index (χ3n) is 5.42. The number of hydrogen-bond acceptors (Lipinski definition) is 12. The van der Waals surface area contributed by atoms with Gasteiger partial charge in [-0.05, 0) is 52.0 Å². The number of aliphatic carboxylic acids is 4. The zero-order chi connectivity index (χ0) is 33.2. The summed E-state index contributed by atoms with van der Waals surface area (Å²) >= 11 is 0. The molecule has 0 bridgehead atoms. The number of hydrogen-bond donors (Lipinski definition) is 2. The van der Waals surface area contributed by atoms with Crippen LogP contribution < -0.4 is 41.0 Å². The summed E-state index contributed by atoms with van der Waals surface area (Å²) in [6.07, 6.45) is 14.6. The molecular weight excluding hydrogens is 727 g/mol. The Bertz CT molecular complexity index is 1260. The molecule has 0 unspecified atom stereocenters. The van der Waals surface area contributed by atoms with E-state index < -0.39 is 34.7 Å². The second kappa shape index (κ2) is 30.4. The molecule has 20 nitrogen and oxygen atoms in total. The van der Waals surface area contributed by atoms with Crippen molar-refractivity contribution in [2.45, 2.75) is 27.7 Å². The quantitative estimate of drug-likeness (QED) is 0.125. The minimum absolute atomic E-state index is 0. The van der Waals surface area contributed by atoms with Gasteiger partial charge in [0.05, 0.1) is 35.3 Å². The second-order valence-electron chi connectivity index (χ2n) is 9.70. The van der Waals surface area contributed by atoms with Gasteiger partial charge in [0.2, 0.25) is 0 Å². The molecule has 4 rings (SSSR count). The molecule has 0 aliphatic rings. The van der Waals surface area contributed by atoms with E-state index in [0.717, 1.165) is 50.4 Å². The third kappa shape index (κ3) is 23.3. The van der Waals surface area contributed by atoms with Gasteiger partial charge in [0.1, 0.15) is 0 Å². The number of pyridine rings is 4. The molecule has 51 heavy (non-hydrogen) atoms. The van der Waals surface area contributed by atoms with E-state index in [0.29, 0.717) is 0 Å². The number of nitrogens with zero attached hydrogens (tertiary/aromatic N) is 2. The van der Waals surface area contributed by atoms with Gasteiger partial charge in [-0.2, -0.15) is 0 Å². The SMILES string of the molecule is CC(C)(C(=O)[O-])C(=O)[O-].CC(C)(C(=O)[O-])C(=O)[O-].O.O.O.O.O.O.[Ni+2].c1cc(Nc2cc[nH+]cc2)ccn1.c1cc(Nc2cc[nH+]cc2)ccn1. The van der Waals surface area contributed by atoms with E-state index in [1.54, 1.807) is 24.8 Å². The van der Waals surface area contributed by atoms with Gasteiger partial charge in [-0.25, -0.2) is 9.97 Å². The van der Waals surface area contributed by atoms with Crippen LogP contribution in [0.2, 0.25) is 0 Å². The Morgan fingerprint density at radius 2 is 0.667 bits per heavy atom. The molecule has 0 amide bonds. The first kappa shape index (κ1) is 60.6. The van der Waals surface area contributed by atoms with Gasteiger partial charge in [-0.3, -0.25) is 9.97 Å². The van der Waals surface area contributed by atoms with Crippen LogP contribution >= 0.6 is 0 Å². The number of carbonyl (C=O) groups excluding carboxylic acids is 4. The zero-order valence-corrected chi connectivity index (χ0v) is 28.7. The Morgan fingerprint density at radius 1 is 0.471 bits per heavy atom. The van der Waals surface area contributed by atoms with Crippen molar-refractivity contribution in [2.75, 3.05) is 10.6 Å². The van der Waals surface area contributed by atoms with E-state index in [1.807, 2.05) is 73.3 Å². The van der Waals surface area contributed by atoms with Crippen molar-refractivity contribution in [3.8, 4) is 0 Å². The number of aromatic nitrogens is 4. The number of carboxylic acid groups (broad SMARTS) is 4. The molecule has 16 N–H and O–H groups in total. The summed E-state index contributed by atoms with van der Waals surface area (Å²) < 4.78 is 0. The van der Waals surface area contributed by atoms with Crippen LogP contribution in [0.1, 0.15) is 27.7 Å². The molecule has 0 atom stereocenters. The molecule has 21 heteroatoms. The first-order chi connectivity index (χ1) is 20.7. The molecule has 0 radical (unpaired) electrons. The summed E-state index contributed by atoms with van der Waals surface area (Å²) in [5.74, 6) is -6.55. The maximum Gasteiger partial charge on any atom is 2.00 e. The monoisotopic (exact) mass is 770 g/mol. The molecule has 0 aromatic carbocycles. The van der Waals surface area contributed by atoms with E-state index in [4.69, 9.17) is 0 Å². The van der Waals surface area contributed by atoms with E-state index in [9.17, 15) is 39.6 Å². The number of nitrogens with one attached hydrogen (secondary N) is 4. The summed E-state index contributed by atoms with van der Waals surface area (Å²) in [5, 5.41) is 46.2. The topological polar surface area (TPSA) is 428 Å². The summed E-state index contributed by atoms with van der Waals surface area (Å²) in [6, 6.07) is 15.6. The van der Waals surface area contributed by atoms with Gasteiger partial charge in [-0.1, -0.05) is 0 Å². The minimum atomic E-state index is -1.89. The summed E-state index contributed by atoms with van der Waals surface area (Å²) in [5.41, 5.74) is 0.428. The smallest absolute Gasteiger partial charge is 0.549 e. The van der Waals surface area contributed by atoms with Crippen LogP contribution in [0.4, 0.5) is 22.7 Å². The molecule has 0 saturated carbocycles. The van der Waals surface area contributed by atoms with Crippen molar-refractivity contribution in [1.29, 1.82) is 0 Å². The van der Waals surface area contributed by atoms with E-state index in [1.165, 1.54) is 0 Å². The van der Waals surface area contributed by atoms with Crippen molar-refractivity contribution < 1.29 is 98.9 Å². The summed E-state index contributed by atoms with van der Waals surface area (Å²) in [7, 11) is 0. The molecule has 4 aromatic heterocycles. The number of carbonyl (C=O) groups is 4. The second-order valence-corrected chi connectivity index (χ2v) is 9.70. The maximum atomic E-state index is 9.93. The van der Waals surface area contributed by atoms with Gasteiger partial charge in [-0.15, -0.1) is 0 Å². The van der Waals surface area contributed by atoms with Crippen molar-refractivity contribution in [3.63, 3.8) is 0 Å². The molecule has 0 spiro atoms. The number of anilines is 4. The Labute approximate surface area is 302 Å². The average molecular weight is 771 g/mol. The Hall–Kier alpha value is -5.67. The first-order valence-corrected chi connectivity index (χ1v) is 12.8. The van der Waals surface area contributed by atoms with Crippen LogP contribution in [0.5, 0.6) is 0 Å². The molecule has 0 saturated heterocycles. The fraction of sp³-hybridized carbons (Fsp3) is 0.200. The van der Waals surface area contributed by atoms with Crippen LogP contribution in [-0.4, -0.2) is 66.7 Å². The van der Waals surface area contributed by atoms with Crippen LogP contribution in [0.15, 0.2) is 98.1 Å². The number of H-pyrrole nitrogens is 2. The number of aromatic amines is 2. The van der Waals surface area contributed by atoms with Crippen LogP contribution in [0.3, 0.4) is 0 Å². The van der Waals surface area contributed by atoms with Crippen LogP contribution in [0.25, 0.3) is 0 Å². The number of carboxylic acids is 4. The Balaban J connectivity index is -0.0000000984. The van der Waals surface area contributed by atoms with Gasteiger partial charge in [0, 0.05) is 71.3 Å². The standard InChI is InChI=1S/2C10H9N3.2C5H8O4.Ni.6H2O/c2*1-5-11-6-2-9(1)13-10-3-7-12-8-4-10;2*1-5(2,3(6)7)4(8)9;;;;;;;/h2*1-8H,(H,11,12,13);2*1-2H3,(H,6,7)(H,8,9);;6*1H2/q;;;;+2;;;;;;/p-2. The zero-order valence-electron chi connectivity index (χ0n) is 27.7. The molecule has 0 fully saturated rings. The van der Waals surface area contributed by atoms with Crippen molar-refractivity contribution in [2.24, 2.45) is 10.8 Å². The first-order valence-electron chi connectivity index (χ1n) is 12.8. The molecule has 4 heterocycles. The normalized spacial score (nSPS) is 8.71. The van der Waals surface area contributed by atoms with Crippen molar-refractivity contribution in [3.05, 3.63) is 98.1 Å². The van der Waals surface area contributed by atoms with Gasteiger partial charge in [0.15, 0.2) is 24.8 Å². The minimum Gasteiger partial charge on any atom is -0.549 e. The summed E-state index contributed by atoms with van der Waals surface area (Å²) in [4.78, 5) is 53.5. The molecule has 0 aliphatic heterocycles. The predicted molar refractivity (Wildman–Crippen MR) is 170 cm³/mol. The van der Waals surface area contributed by atoms with E-state index in [2.05, 4.69) is 30.6 Å². The molecule has 0 aliphatic carbocycles. The van der Waals surface area contributed by atoms with Gasteiger partial charge >= 0.3 is 16.5 Å². The predicted octanol–water partition coefficient (Wildman–Crippen LogP) is -6.65. The molecule has 288 valence electrons. The van der Waals surface area contributed by atoms with E-state index in [-0.39, 0.29) is 49.3 Å². The van der Waals surface area contributed by atoms with Crippen LogP contribution in [0, 0.1) is 10.8 Å². The summed E-state index contributed by atoms with van der Waals surface area (Å²) in [6.45, 7) is 4.05. The molecular formula is C30H44N6NiO14. The van der Waals surface area contributed by atoms with Crippen LogP contribution in [-0.2, 0) is 35.7 Å². The third-order valence-corrected chi connectivity index (χ3v) is 5.42. The van der Waals surface area contributed by atoms with Gasteiger partial charge in [0.25, 0.3) is 0 Å². The van der Waals surface area contributed by atoms with Crippen molar-refractivity contribution in [1.82, 2.24) is 9.97 Å². The Kier molecular flexibility index (Phi) is 36.1. The van der Waals surface area contributed by atoms with Crippen molar-refractivity contribution >= 4 is 46.6 Å². The number of rotatable bonds is 8. The molecule has 4 aromatic rings. The fourth-order valence-electron chi connectivity index (χ4n) is 2.31. The largest absolute Gasteiger partial charge is 2.00 e. The van der Waals surface area contributed by atoms with Gasteiger partial charge < -0.3 is 83.1 Å². The van der Waals surface area contributed by atoms with E-state index >= 15 is 0 Å².